The van der Waals surface area contributed by atoms with Gasteiger partial charge in [0, 0.05) is 31.7 Å². The summed E-state index contributed by atoms with van der Waals surface area (Å²) in [5.74, 6) is 2.42. The third-order valence-electron chi connectivity index (χ3n) is 5.65. The van der Waals surface area contributed by atoms with Gasteiger partial charge in [-0.1, -0.05) is 11.3 Å². The van der Waals surface area contributed by atoms with Crippen molar-refractivity contribution in [3.05, 3.63) is 35.9 Å². The van der Waals surface area contributed by atoms with E-state index in [2.05, 4.69) is 4.90 Å². The van der Waals surface area contributed by atoms with Crippen LogP contribution in [0.2, 0.25) is 0 Å². The number of benzene rings is 2. The quantitative estimate of drug-likeness (QED) is 0.395. The summed E-state index contributed by atoms with van der Waals surface area (Å²) in [6, 6.07) is 9.51. The van der Waals surface area contributed by atoms with Crippen molar-refractivity contribution in [2.24, 2.45) is 0 Å². The molecule has 1 aromatic heterocycles. The number of anilines is 1. The first kappa shape index (κ1) is 24.9. The first-order chi connectivity index (χ1) is 17.1. The Kier molecular flexibility index (Phi) is 8.17. The predicted octanol–water partition coefficient (Wildman–Crippen LogP) is 4.85. The second-order valence-electron chi connectivity index (χ2n) is 7.94. The Morgan fingerprint density at radius 3 is 2.09 bits per heavy atom. The summed E-state index contributed by atoms with van der Waals surface area (Å²) < 4.78 is 24.0. The number of fused-ring (bicyclic) bond motifs is 1. The van der Waals surface area contributed by atoms with Crippen LogP contribution in [0.1, 0.15) is 38.1 Å². The maximum atomic E-state index is 13.4. The molecule has 2 heterocycles. The van der Waals surface area contributed by atoms with Gasteiger partial charge in [0.25, 0.3) is 5.91 Å². The molecule has 35 heavy (non-hydrogen) atoms. The smallest absolute Gasteiger partial charge is 0.254 e. The average molecular weight is 500 g/mol. The van der Waals surface area contributed by atoms with Crippen molar-refractivity contribution in [3.8, 4) is 23.0 Å². The van der Waals surface area contributed by atoms with Gasteiger partial charge in [-0.3, -0.25) is 4.79 Å². The Balaban J connectivity index is 1.48. The minimum absolute atomic E-state index is 0.0414. The first-order valence-corrected chi connectivity index (χ1v) is 13.0. The number of hydrogen-bond donors (Lipinski definition) is 0. The molecule has 0 unspecified atom stereocenters. The summed E-state index contributed by atoms with van der Waals surface area (Å²) in [6.07, 6.45) is 0. The lowest BCUT2D eigenvalue weighted by molar-refractivity contribution is 0.0745. The van der Waals surface area contributed by atoms with Crippen LogP contribution in [0.25, 0.3) is 10.2 Å². The zero-order valence-electron chi connectivity index (χ0n) is 20.8. The molecule has 0 atom stereocenters. The topological polar surface area (TPSA) is 73.4 Å². The normalized spacial score (nSPS) is 13.7. The number of carbonyl (C=O) groups excluding carboxylic acids is 1. The van der Waals surface area contributed by atoms with E-state index in [1.807, 2.05) is 50.8 Å². The van der Waals surface area contributed by atoms with Gasteiger partial charge in [-0.05, 0) is 58.0 Å². The highest BCUT2D eigenvalue weighted by atomic mass is 32.1. The molecule has 1 fully saturated rings. The van der Waals surface area contributed by atoms with Crippen LogP contribution in [-0.2, 0) is 0 Å². The van der Waals surface area contributed by atoms with E-state index in [0.717, 1.165) is 34.2 Å². The fourth-order valence-electron chi connectivity index (χ4n) is 4.08. The van der Waals surface area contributed by atoms with E-state index < -0.39 is 0 Å². The van der Waals surface area contributed by atoms with E-state index in [4.69, 9.17) is 23.9 Å². The highest BCUT2D eigenvalue weighted by Crippen LogP contribution is 2.39. The number of carbonyl (C=O) groups is 1. The number of rotatable bonds is 10. The van der Waals surface area contributed by atoms with Gasteiger partial charge >= 0.3 is 0 Å². The second-order valence-corrected chi connectivity index (χ2v) is 8.95. The Morgan fingerprint density at radius 1 is 0.857 bits per heavy atom. The minimum Gasteiger partial charge on any atom is -0.494 e. The number of hydrogen-bond acceptors (Lipinski definition) is 8. The van der Waals surface area contributed by atoms with E-state index in [0.29, 0.717) is 62.3 Å². The van der Waals surface area contributed by atoms with E-state index in [9.17, 15) is 4.79 Å². The van der Waals surface area contributed by atoms with Gasteiger partial charge in [-0.25, -0.2) is 4.98 Å². The van der Waals surface area contributed by atoms with E-state index in [-0.39, 0.29) is 5.91 Å². The van der Waals surface area contributed by atoms with Crippen LogP contribution in [0.3, 0.4) is 0 Å². The second kappa shape index (κ2) is 11.5. The Labute approximate surface area is 210 Å². The summed E-state index contributed by atoms with van der Waals surface area (Å²) in [6.45, 7) is 12.4. The predicted molar refractivity (Wildman–Crippen MR) is 139 cm³/mol. The number of ether oxygens (including phenoxy) is 4. The van der Waals surface area contributed by atoms with Gasteiger partial charge in [0.1, 0.15) is 5.75 Å². The molecule has 0 radical (unpaired) electrons. The van der Waals surface area contributed by atoms with Crippen molar-refractivity contribution >= 4 is 32.6 Å². The van der Waals surface area contributed by atoms with Crippen molar-refractivity contribution < 1.29 is 23.7 Å². The Hall–Kier alpha value is -3.20. The number of thiazole rings is 1. The third-order valence-corrected chi connectivity index (χ3v) is 6.73. The maximum Gasteiger partial charge on any atom is 0.254 e. The molecule has 0 aliphatic carbocycles. The first-order valence-electron chi connectivity index (χ1n) is 12.2. The van der Waals surface area contributed by atoms with Crippen LogP contribution < -0.4 is 23.8 Å². The molecule has 1 saturated heterocycles. The van der Waals surface area contributed by atoms with Gasteiger partial charge in [-0.2, -0.15) is 0 Å². The van der Waals surface area contributed by atoms with Crippen LogP contribution >= 0.6 is 11.3 Å². The molecule has 9 heteroatoms. The minimum atomic E-state index is -0.0414. The van der Waals surface area contributed by atoms with E-state index in [1.165, 1.54) is 0 Å². The van der Waals surface area contributed by atoms with Crippen LogP contribution in [0, 0.1) is 0 Å². The summed E-state index contributed by atoms with van der Waals surface area (Å²) in [4.78, 5) is 22.3. The molecule has 3 aromatic rings. The molecule has 0 N–H and O–H groups in total. The van der Waals surface area contributed by atoms with Crippen molar-refractivity contribution in [3.63, 3.8) is 0 Å². The molecule has 1 aliphatic heterocycles. The van der Waals surface area contributed by atoms with Gasteiger partial charge in [-0.15, -0.1) is 0 Å². The summed E-state index contributed by atoms with van der Waals surface area (Å²) in [5.41, 5.74) is 1.51. The molecule has 4 rings (SSSR count). The van der Waals surface area contributed by atoms with Crippen molar-refractivity contribution in [1.82, 2.24) is 9.88 Å². The van der Waals surface area contributed by atoms with Gasteiger partial charge in [0.15, 0.2) is 16.6 Å². The molecular weight excluding hydrogens is 466 g/mol. The highest BCUT2D eigenvalue weighted by molar-refractivity contribution is 7.22. The number of aromatic nitrogens is 1. The lowest BCUT2D eigenvalue weighted by Crippen LogP contribution is -2.48. The van der Waals surface area contributed by atoms with Crippen molar-refractivity contribution in [2.45, 2.75) is 27.7 Å². The Bertz CT molecular complexity index is 1130. The van der Waals surface area contributed by atoms with Crippen LogP contribution in [0.15, 0.2) is 30.3 Å². The average Bonchev–Trinajstić information content (AvgIpc) is 3.29. The van der Waals surface area contributed by atoms with Crippen molar-refractivity contribution in [2.75, 3.05) is 57.5 Å². The summed E-state index contributed by atoms with van der Waals surface area (Å²) in [5, 5.41) is 0.971. The van der Waals surface area contributed by atoms with Gasteiger partial charge in [0.2, 0.25) is 5.75 Å². The molecular formula is C26H33N3O5S. The largest absolute Gasteiger partial charge is 0.494 e. The summed E-state index contributed by atoms with van der Waals surface area (Å²) in [7, 11) is 0. The fourth-order valence-corrected chi connectivity index (χ4v) is 5.13. The standard InChI is InChI=1S/C26H33N3O5S/c1-5-31-19-9-10-20-23(17-19)35-26(27-20)29-13-11-28(12-14-29)25(30)18-15-21(32-6-2)24(34-8-4)22(16-18)33-7-3/h9-10,15-17H,5-8,11-14H2,1-4H3. The third kappa shape index (κ3) is 5.56. The maximum absolute atomic E-state index is 13.4. The molecule has 0 spiro atoms. The molecule has 0 saturated carbocycles. The summed E-state index contributed by atoms with van der Waals surface area (Å²) >= 11 is 1.66. The van der Waals surface area contributed by atoms with Gasteiger partial charge in [0.05, 0.1) is 36.6 Å². The molecule has 1 amide bonds. The number of amides is 1. The van der Waals surface area contributed by atoms with Gasteiger partial charge < -0.3 is 28.7 Å². The molecule has 188 valence electrons. The lowest BCUT2D eigenvalue weighted by atomic mass is 10.1. The zero-order valence-corrected chi connectivity index (χ0v) is 21.7. The Morgan fingerprint density at radius 2 is 1.49 bits per heavy atom. The highest BCUT2D eigenvalue weighted by Gasteiger charge is 2.26. The number of piperazine rings is 1. The van der Waals surface area contributed by atoms with Crippen LogP contribution in [0.5, 0.6) is 23.0 Å². The monoisotopic (exact) mass is 499 g/mol. The molecule has 8 nitrogen and oxygen atoms in total. The SMILES string of the molecule is CCOc1ccc2nc(N3CCN(C(=O)c4cc(OCC)c(OCC)c(OCC)c4)CC3)sc2c1. The van der Waals surface area contributed by atoms with Crippen LogP contribution in [0.4, 0.5) is 5.13 Å². The van der Waals surface area contributed by atoms with E-state index >= 15 is 0 Å². The fraction of sp³-hybridized carbons (Fsp3) is 0.462. The van der Waals surface area contributed by atoms with E-state index in [1.54, 1.807) is 23.5 Å². The molecule has 2 aromatic carbocycles. The molecule has 0 bridgehead atoms. The van der Waals surface area contributed by atoms with Crippen LogP contribution in [-0.4, -0.2) is 68.4 Å². The number of nitrogens with zero attached hydrogens (tertiary/aromatic N) is 3. The molecule has 1 aliphatic rings. The lowest BCUT2D eigenvalue weighted by Gasteiger charge is -2.34. The van der Waals surface area contributed by atoms with Crippen molar-refractivity contribution in [1.29, 1.82) is 0 Å². The zero-order chi connectivity index (χ0) is 24.8.